The van der Waals surface area contributed by atoms with E-state index in [1.165, 1.54) is 0 Å². The van der Waals surface area contributed by atoms with E-state index in [1.807, 2.05) is 60.6 Å². The summed E-state index contributed by atoms with van der Waals surface area (Å²) in [4.78, 5) is 41.3. The molecule has 1 N–H and O–H groups in total. The number of ketones is 2. The zero-order chi connectivity index (χ0) is 28.7. The summed E-state index contributed by atoms with van der Waals surface area (Å²) >= 11 is 0. The van der Waals surface area contributed by atoms with Crippen molar-refractivity contribution in [3.63, 3.8) is 0 Å². The fourth-order valence-corrected chi connectivity index (χ4v) is 5.53. The average Bonchev–Trinajstić information content (AvgIpc) is 2.76. The van der Waals surface area contributed by atoms with Crippen molar-refractivity contribution in [1.82, 2.24) is 4.90 Å². The van der Waals surface area contributed by atoms with Gasteiger partial charge in [0.25, 0.3) is 0 Å². The van der Waals surface area contributed by atoms with Crippen molar-refractivity contribution in [2.45, 2.75) is 117 Å². The molecule has 1 heterocycles. The minimum atomic E-state index is -1.00. The number of likely N-dealkylation sites (tertiary alicyclic amines) is 1. The van der Waals surface area contributed by atoms with Crippen molar-refractivity contribution in [2.24, 2.45) is 5.41 Å². The number of carbonyl (C=O) groups is 3. The third kappa shape index (κ3) is 6.68. The molecule has 0 aromatic heterocycles. The average molecular weight is 528 g/mol. The Kier molecular flexibility index (Phi) is 8.60. The number of ether oxygens (including phenoxy) is 1. The largest absolute Gasteiger partial charge is 0.444 e. The number of Topliss-reactive ketones (excluding diaryl/α,β-unsaturated/α-hetero) is 2. The third-order valence-corrected chi connectivity index (χ3v) is 8.49. The summed E-state index contributed by atoms with van der Waals surface area (Å²) in [6.45, 7) is 17.7. The molecule has 1 spiro atoms. The summed E-state index contributed by atoms with van der Waals surface area (Å²) in [5.74, 6) is -0.767. The quantitative estimate of drug-likeness (QED) is 0.442. The van der Waals surface area contributed by atoms with Crippen LogP contribution in [0.25, 0.3) is 0 Å². The Morgan fingerprint density at radius 2 is 1.61 bits per heavy atom. The molecule has 1 aliphatic heterocycles. The number of piperidine rings is 1. The molecule has 1 saturated heterocycles. The van der Waals surface area contributed by atoms with Crippen LogP contribution >= 0.6 is 0 Å². The van der Waals surface area contributed by atoms with Gasteiger partial charge in [0.2, 0.25) is 0 Å². The van der Waals surface area contributed by atoms with E-state index in [9.17, 15) is 19.5 Å². The molecule has 1 amide bonds. The lowest BCUT2D eigenvalue weighted by molar-refractivity contribution is -0.138. The van der Waals surface area contributed by atoms with Gasteiger partial charge in [-0.1, -0.05) is 24.5 Å². The van der Waals surface area contributed by atoms with Gasteiger partial charge in [0.05, 0.1) is 11.2 Å². The highest BCUT2D eigenvalue weighted by Gasteiger charge is 2.48. The third-order valence-electron chi connectivity index (χ3n) is 8.49. The van der Waals surface area contributed by atoms with E-state index < -0.39 is 22.7 Å². The van der Waals surface area contributed by atoms with E-state index in [4.69, 9.17) is 9.39 Å². The van der Waals surface area contributed by atoms with Gasteiger partial charge in [-0.3, -0.25) is 9.59 Å². The summed E-state index contributed by atoms with van der Waals surface area (Å²) < 4.78 is 11.6. The molecule has 1 aliphatic carbocycles. The van der Waals surface area contributed by atoms with Gasteiger partial charge in [0, 0.05) is 25.9 Å². The van der Waals surface area contributed by atoms with Crippen molar-refractivity contribution in [3.8, 4) is 0 Å². The summed E-state index contributed by atoms with van der Waals surface area (Å²) in [5, 5.41) is 10.4. The van der Waals surface area contributed by atoms with Crippen molar-refractivity contribution >= 4 is 30.6 Å². The number of benzene rings is 1. The van der Waals surface area contributed by atoms with Crippen LogP contribution in [-0.2, 0) is 25.4 Å². The van der Waals surface area contributed by atoms with Gasteiger partial charge >= 0.3 is 13.6 Å². The van der Waals surface area contributed by atoms with Gasteiger partial charge in [-0.2, -0.15) is 0 Å². The lowest BCUT2D eigenvalue weighted by atomic mass is 9.62. The summed E-state index contributed by atoms with van der Waals surface area (Å²) in [5.41, 5.74) is 1.04. The molecule has 3 rings (SSSR count). The van der Waals surface area contributed by atoms with E-state index in [0.29, 0.717) is 52.7 Å². The maximum Gasteiger partial charge on any atom is 0.410 e. The SMILES string of the molecule is CCc1cc(BOC(C)(C)C(C)(C)O)cc(C)c1C1C(=O)CC2(CCN(C(=O)OC(C)(C)C)CC2)CC1=O. The first-order valence-corrected chi connectivity index (χ1v) is 13.9. The predicted octanol–water partition coefficient (Wildman–Crippen LogP) is 4.13. The van der Waals surface area contributed by atoms with E-state index in [1.54, 1.807) is 18.7 Å². The van der Waals surface area contributed by atoms with Crippen LogP contribution in [-0.4, -0.2) is 65.0 Å². The highest BCUT2D eigenvalue weighted by atomic mass is 16.6. The van der Waals surface area contributed by atoms with Crippen molar-refractivity contribution in [3.05, 3.63) is 28.8 Å². The Hall–Kier alpha value is -2.19. The van der Waals surface area contributed by atoms with Gasteiger partial charge < -0.3 is 19.4 Å². The number of rotatable bonds is 6. The van der Waals surface area contributed by atoms with Crippen molar-refractivity contribution < 1.29 is 28.9 Å². The van der Waals surface area contributed by atoms with Crippen LogP contribution in [0.1, 0.15) is 104 Å². The first kappa shape index (κ1) is 30.4. The fraction of sp³-hybridized carbons (Fsp3) is 0.700. The second kappa shape index (κ2) is 10.8. The summed E-state index contributed by atoms with van der Waals surface area (Å²) in [6, 6.07) is 4.03. The van der Waals surface area contributed by atoms with Crippen molar-refractivity contribution in [1.29, 1.82) is 0 Å². The molecule has 0 radical (unpaired) electrons. The molecule has 38 heavy (non-hydrogen) atoms. The topological polar surface area (TPSA) is 93.1 Å². The van der Waals surface area contributed by atoms with Crippen LogP contribution in [0.4, 0.5) is 4.79 Å². The second-order valence-corrected chi connectivity index (χ2v) is 13.4. The van der Waals surface area contributed by atoms with Gasteiger partial charge in [-0.05, 0) is 96.8 Å². The van der Waals surface area contributed by atoms with Crippen molar-refractivity contribution in [2.75, 3.05) is 13.1 Å². The van der Waals surface area contributed by atoms with E-state index in [2.05, 4.69) is 0 Å². The highest BCUT2D eigenvalue weighted by molar-refractivity contribution is 6.47. The minimum Gasteiger partial charge on any atom is -0.444 e. The molecule has 7 nitrogen and oxygen atoms in total. The first-order chi connectivity index (χ1) is 17.4. The number of aryl methyl sites for hydroxylation is 2. The zero-order valence-electron chi connectivity index (χ0n) is 24.8. The molecular formula is C30H46BNO6. The maximum absolute atomic E-state index is 13.6. The van der Waals surface area contributed by atoms with Crippen LogP contribution in [0.15, 0.2) is 12.1 Å². The smallest absolute Gasteiger partial charge is 0.410 e. The van der Waals surface area contributed by atoms with Gasteiger partial charge in [-0.25, -0.2) is 4.79 Å². The maximum atomic E-state index is 13.6. The lowest BCUT2D eigenvalue weighted by Gasteiger charge is -2.44. The molecule has 210 valence electrons. The molecule has 0 bridgehead atoms. The number of amides is 1. The Morgan fingerprint density at radius 1 is 1.05 bits per heavy atom. The molecular weight excluding hydrogens is 481 g/mol. The fourth-order valence-electron chi connectivity index (χ4n) is 5.53. The molecule has 1 saturated carbocycles. The molecule has 0 unspecified atom stereocenters. The predicted molar refractivity (Wildman–Crippen MR) is 150 cm³/mol. The standard InChI is InChI=1S/C30H46BNO6/c1-10-20-16-21(31-38-29(8,9)28(6,7)36)15-19(2)24(20)25-22(33)17-30(18-23(25)34)11-13-32(14-12-30)26(35)37-27(3,4)5/h15-16,25,31,36H,10-14,17-18H2,1-9H3. The zero-order valence-corrected chi connectivity index (χ0v) is 24.8. The molecule has 2 fully saturated rings. The number of nitrogens with zero attached hydrogens (tertiary/aromatic N) is 1. The Morgan fingerprint density at radius 3 is 2.08 bits per heavy atom. The Balaban J connectivity index is 1.75. The van der Waals surface area contributed by atoms with E-state index in [0.717, 1.165) is 22.2 Å². The normalized spacial score (nSPS) is 19.2. The minimum absolute atomic E-state index is 0.0167. The number of hydrogen-bond acceptors (Lipinski definition) is 6. The van der Waals surface area contributed by atoms with E-state index >= 15 is 0 Å². The monoisotopic (exact) mass is 527 g/mol. The number of hydrogen-bond donors (Lipinski definition) is 1. The number of carbonyl (C=O) groups excluding carboxylic acids is 3. The molecule has 0 atom stereocenters. The van der Waals surface area contributed by atoms with Crippen LogP contribution in [0, 0.1) is 12.3 Å². The van der Waals surface area contributed by atoms with Gasteiger partial charge in [0.1, 0.15) is 23.1 Å². The molecule has 1 aromatic rings. The van der Waals surface area contributed by atoms with Crippen LogP contribution in [0.2, 0.25) is 0 Å². The highest BCUT2D eigenvalue weighted by Crippen LogP contribution is 2.46. The molecule has 1 aromatic carbocycles. The lowest BCUT2D eigenvalue weighted by Crippen LogP contribution is -2.49. The van der Waals surface area contributed by atoms with Gasteiger partial charge in [-0.15, -0.1) is 0 Å². The van der Waals surface area contributed by atoms with Crippen LogP contribution < -0.4 is 5.46 Å². The van der Waals surface area contributed by atoms with Gasteiger partial charge in [0.15, 0.2) is 0 Å². The molecule has 8 heteroatoms. The van der Waals surface area contributed by atoms with Crippen LogP contribution in [0.3, 0.4) is 0 Å². The Labute approximate surface area is 228 Å². The Bertz CT molecular complexity index is 1050. The number of aliphatic hydroxyl groups is 1. The summed E-state index contributed by atoms with van der Waals surface area (Å²) in [7, 11) is 0.328. The van der Waals surface area contributed by atoms with Crippen LogP contribution in [0.5, 0.6) is 0 Å². The molecule has 2 aliphatic rings. The summed E-state index contributed by atoms with van der Waals surface area (Å²) in [6.07, 6.45) is 2.34. The second-order valence-electron chi connectivity index (χ2n) is 13.4. The van der Waals surface area contributed by atoms with E-state index in [-0.39, 0.29) is 23.1 Å². The first-order valence-electron chi connectivity index (χ1n) is 13.9.